The van der Waals surface area contributed by atoms with Crippen molar-refractivity contribution in [3.63, 3.8) is 0 Å². The Labute approximate surface area is 256 Å². The second-order valence-corrected chi connectivity index (χ2v) is 11.1. The molecular weight excluding hydrogens is 583 g/mol. The smallest absolute Gasteiger partial charge is 0.260 e. The van der Waals surface area contributed by atoms with Crippen LogP contribution >= 0.6 is 23.2 Å². The van der Waals surface area contributed by atoms with Crippen LogP contribution in [0.25, 0.3) is 33.1 Å². The van der Waals surface area contributed by atoms with E-state index in [-0.39, 0.29) is 5.91 Å². The maximum Gasteiger partial charge on any atom is 0.260 e. The Bertz CT molecular complexity index is 2110. The molecule has 8 nitrogen and oxygen atoms in total. The molecule has 0 fully saturated rings. The number of halogens is 2. The molecule has 7 rings (SSSR count). The van der Waals surface area contributed by atoms with Gasteiger partial charge in [-0.25, -0.2) is 0 Å². The van der Waals surface area contributed by atoms with E-state index in [4.69, 9.17) is 38.5 Å². The molecule has 0 spiro atoms. The highest BCUT2D eigenvalue weighted by Gasteiger charge is 2.18. The number of furan rings is 1. The van der Waals surface area contributed by atoms with Gasteiger partial charge in [0.2, 0.25) is 0 Å². The minimum absolute atomic E-state index is 0.324. The second-order valence-electron chi connectivity index (χ2n) is 10.2. The van der Waals surface area contributed by atoms with Gasteiger partial charge in [-0.3, -0.25) is 14.2 Å². The Morgan fingerprint density at radius 1 is 0.767 bits per heavy atom. The van der Waals surface area contributed by atoms with Gasteiger partial charge in [0.1, 0.15) is 12.0 Å². The Balaban J connectivity index is 1.14. The minimum atomic E-state index is -0.324. The topological polar surface area (TPSA) is 104 Å². The molecule has 0 atom stereocenters. The summed E-state index contributed by atoms with van der Waals surface area (Å²) in [5, 5.41) is 15.2. The summed E-state index contributed by atoms with van der Waals surface area (Å²) in [7, 11) is 0. The van der Waals surface area contributed by atoms with E-state index in [0.29, 0.717) is 46.1 Å². The van der Waals surface area contributed by atoms with Gasteiger partial charge in [-0.2, -0.15) is 10.2 Å². The molecule has 0 aliphatic carbocycles. The first-order valence-corrected chi connectivity index (χ1v) is 14.3. The molecule has 4 aromatic carbocycles. The second kappa shape index (κ2) is 11.0. The van der Waals surface area contributed by atoms with E-state index in [1.807, 2.05) is 100 Å². The number of nitrogens with one attached hydrogen (secondary N) is 1. The van der Waals surface area contributed by atoms with Crippen LogP contribution in [0, 0.1) is 0 Å². The molecule has 1 amide bonds. The highest BCUT2D eigenvalue weighted by Crippen LogP contribution is 2.30. The molecule has 0 saturated carbocycles. The van der Waals surface area contributed by atoms with E-state index in [1.165, 1.54) is 6.26 Å². The molecule has 0 unspecified atom stereocenters. The van der Waals surface area contributed by atoms with E-state index in [9.17, 15) is 4.79 Å². The lowest BCUT2D eigenvalue weighted by molar-refractivity contribution is 0.102. The van der Waals surface area contributed by atoms with E-state index >= 15 is 0 Å². The molecule has 43 heavy (non-hydrogen) atoms. The first-order chi connectivity index (χ1) is 20.9. The molecule has 3 N–H and O–H groups in total. The van der Waals surface area contributed by atoms with Crippen molar-refractivity contribution in [3.8, 4) is 11.3 Å². The third-order valence-electron chi connectivity index (χ3n) is 7.31. The molecule has 7 aromatic rings. The van der Waals surface area contributed by atoms with Crippen LogP contribution in [0.15, 0.2) is 108 Å². The van der Waals surface area contributed by atoms with Crippen LogP contribution in [-0.4, -0.2) is 25.5 Å². The van der Waals surface area contributed by atoms with E-state index < -0.39 is 0 Å². The van der Waals surface area contributed by atoms with E-state index in [0.717, 1.165) is 38.5 Å². The molecule has 212 valence electrons. The molecule has 0 aliphatic heterocycles. The lowest BCUT2D eigenvalue weighted by atomic mass is 10.1. The number of nitrogens with zero attached hydrogens (tertiary/aromatic N) is 4. The minimum Gasteiger partial charge on any atom is -0.464 e. The number of hydrogen-bond donors (Lipinski definition) is 2. The number of rotatable bonds is 7. The predicted molar refractivity (Wildman–Crippen MR) is 171 cm³/mol. The van der Waals surface area contributed by atoms with Crippen molar-refractivity contribution >= 4 is 62.6 Å². The third-order valence-corrected chi connectivity index (χ3v) is 7.81. The third kappa shape index (κ3) is 5.34. The van der Waals surface area contributed by atoms with Gasteiger partial charge in [0.05, 0.1) is 29.7 Å². The molecule has 3 heterocycles. The standard InChI is InChI=1S/C33H24Cl2N6O2/c34-24-10-5-20(6-11-24)17-40-28-4-2-1-3-27(28)32(39-40)37-33(42)23-16-30(43-19-23)22-9-14-26-29(15-22)41(38-31(26)36)18-21-7-12-25(35)13-8-21/h1-16,19H,17-18H2,(H2,36,38)(H,37,39,42). The van der Waals surface area contributed by atoms with Gasteiger partial charge in [-0.15, -0.1) is 0 Å². The summed E-state index contributed by atoms with van der Waals surface area (Å²) >= 11 is 12.1. The SMILES string of the molecule is Nc1nn(Cc2ccc(Cl)cc2)c2cc(-c3cc(C(=O)Nc4nn(Cc5ccc(Cl)cc5)c5ccccc45)co3)ccc12. The molecule has 0 saturated heterocycles. The van der Waals surface area contributed by atoms with Crippen molar-refractivity contribution in [1.29, 1.82) is 0 Å². The molecule has 0 radical (unpaired) electrons. The van der Waals surface area contributed by atoms with Crippen LogP contribution in [0.1, 0.15) is 21.5 Å². The van der Waals surface area contributed by atoms with Gasteiger partial charge >= 0.3 is 0 Å². The fraction of sp³-hybridized carbons (Fsp3) is 0.0606. The van der Waals surface area contributed by atoms with E-state index in [2.05, 4.69) is 10.4 Å². The largest absolute Gasteiger partial charge is 0.464 e. The summed E-state index contributed by atoms with van der Waals surface area (Å²) in [4.78, 5) is 13.3. The molecule has 0 aliphatic rings. The highest BCUT2D eigenvalue weighted by atomic mass is 35.5. The normalized spacial score (nSPS) is 11.4. The first-order valence-electron chi connectivity index (χ1n) is 13.5. The monoisotopic (exact) mass is 606 g/mol. The Morgan fingerprint density at radius 2 is 1.42 bits per heavy atom. The van der Waals surface area contributed by atoms with Gasteiger partial charge in [0.25, 0.3) is 5.91 Å². The van der Waals surface area contributed by atoms with Gasteiger partial charge in [-0.1, -0.05) is 65.7 Å². The number of nitrogen functional groups attached to an aromatic ring is 1. The summed E-state index contributed by atoms with van der Waals surface area (Å²) in [5.74, 6) is 1.14. The van der Waals surface area contributed by atoms with Crippen LogP contribution in [-0.2, 0) is 13.1 Å². The zero-order valence-corrected chi connectivity index (χ0v) is 24.2. The summed E-state index contributed by atoms with van der Waals surface area (Å²) in [6.07, 6.45) is 1.45. The Kier molecular flexibility index (Phi) is 6.85. The number of anilines is 2. The lowest BCUT2D eigenvalue weighted by Crippen LogP contribution is -2.12. The summed E-state index contributed by atoms with van der Waals surface area (Å²) in [5.41, 5.74) is 11.2. The number of carbonyl (C=O) groups is 1. The first kappa shape index (κ1) is 26.8. The maximum atomic E-state index is 13.3. The summed E-state index contributed by atoms with van der Waals surface area (Å²) in [6, 6.07) is 30.5. The van der Waals surface area contributed by atoms with Gasteiger partial charge in [0, 0.05) is 26.4 Å². The highest BCUT2D eigenvalue weighted by molar-refractivity contribution is 6.30. The summed E-state index contributed by atoms with van der Waals surface area (Å²) < 4.78 is 9.56. The number of hydrogen-bond acceptors (Lipinski definition) is 5. The van der Waals surface area contributed by atoms with Crippen LogP contribution in [0.5, 0.6) is 0 Å². The Hall–Kier alpha value is -5.05. The van der Waals surface area contributed by atoms with Crippen LogP contribution in [0.3, 0.4) is 0 Å². The predicted octanol–water partition coefficient (Wildman–Crippen LogP) is 7.88. The van der Waals surface area contributed by atoms with Crippen molar-refractivity contribution in [3.05, 3.63) is 130 Å². The van der Waals surface area contributed by atoms with Gasteiger partial charge in [0.15, 0.2) is 11.6 Å². The maximum absolute atomic E-state index is 13.3. The van der Waals surface area contributed by atoms with Crippen LogP contribution < -0.4 is 11.1 Å². The number of amides is 1. The van der Waals surface area contributed by atoms with Crippen molar-refractivity contribution in [2.24, 2.45) is 0 Å². The number of aromatic nitrogens is 4. The lowest BCUT2D eigenvalue weighted by Gasteiger charge is -2.05. The van der Waals surface area contributed by atoms with Crippen molar-refractivity contribution in [1.82, 2.24) is 19.6 Å². The van der Waals surface area contributed by atoms with Gasteiger partial charge in [-0.05, 0) is 65.7 Å². The van der Waals surface area contributed by atoms with Crippen LogP contribution in [0.2, 0.25) is 10.0 Å². The fourth-order valence-corrected chi connectivity index (χ4v) is 5.38. The van der Waals surface area contributed by atoms with Gasteiger partial charge < -0.3 is 15.5 Å². The molecule has 10 heteroatoms. The number of nitrogens with two attached hydrogens (primary N) is 1. The average Bonchev–Trinajstić information content (AvgIpc) is 3.72. The van der Waals surface area contributed by atoms with Crippen molar-refractivity contribution < 1.29 is 9.21 Å². The number of carbonyl (C=O) groups excluding carboxylic acids is 1. The molecule has 0 bridgehead atoms. The molecule has 3 aromatic heterocycles. The Morgan fingerprint density at radius 3 is 2.12 bits per heavy atom. The zero-order valence-electron chi connectivity index (χ0n) is 22.7. The zero-order chi connectivity index (χ0) is 29.5. The number of para-hydroxylation sites is 1. The van der Waals surface area contributed by atoms with E-state index in [1.54, 1.807) is 6.07 Å². The summed E-state index contributed by atoms with van der Waals surface area (Å²) in [6.45, 7) is 1.06. The van der Waals surface area contributed by atoms with Crippen molar-refractivity contribution in [2.45, 2.75) is 13.1 Å². The quantitative estimate of drug-likeness (QED) is 0.192. The molecular formula is C33H24Cl2N6O2. The number of benzene rings is 4. The van der Waals surface area contributed by atoms with Crippen molar-refractivity contribution in [2.75, 3.05) is 11.1 Å². The fourth-order valence-electron chi connectivity index (χ4n) is 5.13. The van der Waals surface area contributed by atoms with Crippen LogP contribution in [0.4, 0.5) is 11.6 Å². The number of fused-ring (bicyclic) bond motifs is 2. The average molecular weight is 608 g/mol.